The summed E-state index contributed by atoms with van der Waals surface area (Å²) in [5, 5.41) is 13.5. The molecule has 0 fully saturated rings. The summed E-state index contributed by atoms with van der Waals surface area (Å²) >= 11 is 0. The maximum atomic E-state index is 12.5. The predicted molar refractivity (Wildman–Crippen MR) is 104 cm³/mol. The van der Waals surface area contributed by atoms with Crippen LogP contribution >= 0.6 is 0 Å². The van der Waals surface area contributed by atoms with E-state index in [4.69, 9.17) is 5.73 Å². The van der Waals surface area contributed by atoms with Gasteiger partial charge in [-0.3, -0.25) is 14.8 Å². The van der Waals surface area contributed by atoms with Crippen molar-refractivity contribution in [3.63, 3.8) is 0 Å². The number of nitrogens with zero attached hydrogens (tertiary/aromatic N) is 1. The minimum Gasteiger partial charge on any atom is -0.326 e. The molecule has 3 rings (SSSR count). The molecule has 3 aromatic rings. The Kier molecular flexibility index (Phi) is 5.61. The Morgan fingerprint density at radius 1 is 0.889 bits per heavy atom. The van der Waals surface area contributed by atoms with E-state index in [1.54, 1.807) is 66.7 Å². The van der Waals surface area contributed by atoms with Gasteiger partial charge in [0, 0.05) is 23.4 Å². The third-order valence-electron chi connectivity index (χ3n) is 4.01. The number of carbonyl (C=O) groups is 2. The van der Waals surface area contributed by atoms with E-state index in [0.29, 0.717) is 28.5 Å². The normalized spacial score (nSPS) is 10.3. The highest BCUT2D eigenvalue weighted by Gasteiger charge is 2.16. The Morgan fingerprint density at radius 2 is 1.59 bits per heavy atom. The van der Waals surface area contributed by atoms with Crippen LogP contribution < -0.4 is 16.1 Å². The maximum absolute atomic E-state index is 12.5. The first-order valence-corrected chi connectivity index (χ1v) is 8.37. The van der Waals surface area contributed by atoms with Crippen molar-refractivity contribution < 1.29 is 14.8 Å². The third-order valence-corrected chi connectivity index (χ3v) is 4.01. The van der Waals surface area contributed by atoms with Gasteiger partial charge in [0.25, 0.3) is 11.8 Å². The van der Waals surface area contributed by atoms with Crippen molar-refractivity contribution in [3.8, 4) is 0 Å². The van der Waals surface area contributed by atoms with E-state index in [1.807, 2.05) is 12.1 Å². The Morgan fingerprint density at radius 3 is 2.26 bits per heavy atom. The van der Waals surface area contributed by atoms with E-state index in [0.717, 1.165) is 5.56 Å². The first-order valence-electron chi connectivity index (χ1n) is 8.37. The molecule has 0 atom stereocenters. The zero-order valence-corrected chi connectivity index (χ0v) is 14.5. The van der Waals surface area contributed by atoms with Crippen molar-refractivity contribution in [1.82, 2.24) is 0 Å². The molecule has 0 saturated carbocycles. The lowest BCUT2D eigenvalue weighted by Crippen LogP contribution is -2.27. The van der Waals surface area contributed by atoms with E-state index < -0.39 is 5.91 Å². The lowest BCUT2D eigenvalue weighted by molar-refractivity contribution is 0.0854. The number of nitrogens with two attached hydrogens (primary N) is 1. The molecular formula is C21H19N3O3. The summed E-state index contributed by atoms with van der Waals surface area (Å²) in [6.45, 7) is 0.311. The number of amides is 2. The maximum Gasteiger partial charge on any atom is 0.281 e. The molecule has 2 amide bonds. The van der Waals surface area contributed by atoms with Crippen LogP contribution in [0.5, 0.6) is 0 Å². The highest BCUT2D eigenvalue weighted by molar-refractivity contribution is 6.06. The number of rotatable bonds is 5. The van der Waals surface area contributed by atoms with E-state index >= 15 is 0 Å². The number of benzene rings is 3. The van der Waals surface area contributed by atoms with Crippen LogP contribution in [0.15, 0.2) is 78.9 Å². The Labute approximate surface area is 156 Å². The van der Waals surface area contributed by atoms with Crippen molar-refractivity contribution in [1.29, 1.82) is 0 Å². The summed E-state index contributed by atoms with van der Waals surface area (Å²) in [7, 11) is 0. The molecule has 0 aliphatic rings. The standard InChI is InChI=1S/C21H19N3O3/c22-14-15-5-4-8-19(13-15)24(27)21(26)17-9-11-18(12-10-17)23-20(25)16-6-2-1-3-7-16/h1-13,27H,14,22H2,(H,23,25). The fourth-order valence-corrected chi connectivity index (χ4v) is 2.54. The van der Waals surface area contributed by atoms with E-state index in [9.17, 15) is 14.8 Å². The molecule has 0 aliphatic heterocycles. The molecular weight excluding hydrogens is 342 g/mol. The first-order chi connectivity index (χ1) is 13.1. The van der Waals surface area contributed by atoms with Crippen molar-refractivity contribution in [2.45, 2.75) is 6.54 Å². The summed E-state index contributed by atoms with van der Waals surface area (Å²) in [5.74, 6) is -0.817. The van der Waals surface area contributed by atoms with Crippen LogP contribution in [0, 0.1) is 0 Å². The zero-order chi connectivity index (χ0) is 19.2. The minimum absolute atomic E-state index is 0.239. The van der Waals surface area contributed by atoms with Crippen LogP contribution in [0.3, 0.4) is 0 Å². The summed E-state index contributed by atoms with van der Waals surface area (Å²) in [6.07, 6.45) is 0. The van der Waals surface area contributed by atoms with E-state index in [2.05, 4.69) is 5.32 Å². The van der Waals surface area contributed by atoms with Gasteiger partial charge in [0.1, 0.15) is 0 Å². The molecule has 4 N–H and O–H groups in total. The Hall–Kier alpha value is -3.48. The van der Waals surface area contributed by atoms with E-state index in [1.165, 1.54) is 0 Å². The Balaban J connectivity index is 1.70. The predicted octanol–water partition coefficient (Wildman–Crippen LogP) is 3.43. The van der Waals surface area contributed by atoms with Crippen LogP contribution in [0.25, 0.3) is 0 Å². The van der Waals surface area contributed by atoms with Gasteiger partial charge < -0.3 is 11.1 Å². The average molecular weight is 361 g/mol. The van der Waals surface area contributed by atoms with Crippen LogP contribution in [-0.2, 0) is 6.54 Å². The molecule has 0 heterocycles. The lowest BCUT2D eigenvalue weighted by atomic mass is 10.1. The molecule has 0 radical (unpaired) electrons. The van der Waals surface area contributed by atoms with Gasteiger partial charge in [0.15, 0.2) is 0 Å². The largest absolute Gasteiger partial charge is 0.326 e. The molecule has 0 aromatic heterocycles. The fourth-order valence-electron chi connectivity index (χ4n) is 2.54. The molecule has 0 bridgehead atoms. The highest BCUT2D eigenvalue weighted by Crippen LogP contribution is 2.18. The smallest absolute Gasteiger partial charge is 0.281 e. The van der Waals surface area contributed by atoms with Crippen LogP contribution in [0.4, 0.5) is 11.4 Å². The molecule has 6 nitrogen and oxygen atoms in total. The van der Waals surface area contributed by atoms with Gasteiger partial charge >= 0.3 is 0 Å². The molecule has 0 spiro atoms. The number of anilines is 2. The highest BCUT2D eigenvalue weighted by atomic mass is 16.5. The summed E-state index contributed by atoms with van der Waals surface area (Å²) < 4.78 is 0. The summed E-state index contributed by atoms with van der Waals surface area (Å²) in [4.78, 5) is 24.6. The molecule has 136 valence electrons. The van der Waals surface area contributed by atoms with Crippen molar-refractivity contribution in [2.75, 3.05) is 10.4 Å². The third kappa shape index (κ3) is 4.38. The molecule has 27 heavy (non-hydrogen) atoms. The SMILES string of the molecule is NCc1cccc(N(O)C(=O)c2ccc(NC(=O)c3ccccc3)cc2)c1. The van der Waals surface area contributed by atoms with Gasteiger partial charge in [-0.25, -0.2) is 0 Å². The topological polar surface area (TPSA) is 95.7 Å². The van der Waals surface area contributed by atoms with Gasteiger partial charge in [-0.05, 0) is 54.1 Å². The molecule has 3 aromatic carbocycles. The zero-order valence-electron chi connectivity index (χ0n) is 14.5. The molecule has 0 aliphatic carbocycles. The van der Waals surface area contributed by atoms with E-state index in [-0.39, 0.29) is 11.5 Å². The van der Waals surface area contributed by atoms with Crippen molar-refractivity contribution in [3.05, 3.63) is 95.6 Å². The van der Waals surface area contributed by atoms with Crippen molar-refractivity contribution in [2.24, 2.45) is 5.73 Å². The fraction of sp³-hybridized carbons (Fsp3) is 0.0476. The summed E-state index contributed by atoms with van der Waals surface area (Å²) in [6, 6.07) is 21.9. The monoisotopic (exact) mass is 361 g/mol. The van der Waals surface area contributed by atoms with Crippen molar-refractivity contribution >= 4 is 23.2 Å². The Bertz CT molecular complexity index is 940. The van der Waals surface area contributed by atoms with Gasteiger partial charge in [-0.15, -0.1) is 0 Å². The number of hydrogen-bond acceptors (Lipinski definition) is 4. The van der Waals surface area contributed by atoms with Gasteiger partial charge in [0.2, 0.25) is 0 Å². The molecule has 6 heteroatoms. The number of nitrogens with one attached hydrogen (secondary N) is 1. The number of carbonyl (C=O) groups excluding carboxylic acids is 2. The lowest BCUT2D eigenvalue weighted by Gasteiger charge is -2.16. The minimum atomic E-state index is -0.579. The van der Waals surface area contributed by atoms with Crippen LogP contribution in [-0.4, -0.2) is 17.0 Å². The van der Waals surface area contributed by atoms with Crippen LogP contribution in [0.2, 0.25) is 0 Å². The molecule has 0 saturated heterocycles. The van der Waals surface area contributed by atoms with Gasteiger partial charge in [-0.2, -0.15) is 5.06 Å². The average Bonchev–Trinajstić information content (AvgIpc) is 2.74. The van der Waals surface area contributed by atoms with Gasteiger partial charge in [-0.1, -0.05) is 30.3 Å². The second-order valence-corrected chi connectivity index (χ2v) is 5.89. The molecule has 0 unspecified atom stereocenters. The van der Waals surface area contributed by atoms with Gasteiger partial charge in [0.05, 0.1) is 5.69 Å². The van der Waals surface area contributed by atoms with Crippen LogP contribution in [0.1, 0.15) is 26.3 Å². The number of hydrogen-bond donors (Lipinski definition) is 3. The first kappa shape index (κ1) is 18.3. The second-order valence-electron chi connectivity index (χ2n) is 5.89. The summed E-state index contributed by atoms with van der Waals surface area (Å²) in [5.41, 5.74) is 8.10. The second kappa shape index (κ2) is 8.27. The quantitative estimate of drug-likeness (QED) is 0.479. The number of hydroxylamine groups is 1.